The van der Waals surface area contributed by atoms with E-state index in [1.807, 2.05) is 11.8 Å². The lowest BCUT2D eigenvalue weighted by Gasteiger charge is -2.48. The maximum absolute atomic E-state index is 3.78. The van der Waals surface area contributed by atoms with Crippen LogP contribution in [-0.4, -0.2) is 48.1 Å². The van der Waals surface area contributed by atoms with Crippen LogP contribution in [0.15, 0.2) is 0 Å². The van der Waals surface area contributed by atoms with Crippen molar-refractivity contribution in [2.24, 2.45) is 0 Å². The van der Waals surface area contributed by atoms with Crippen molar-refractivity contribution in [1.29, 1.82) is 0 Å². The Balaban J connectivity index is 1.93. The summed E-state index contributed by atoms with van der Waals surface area (Å²) in [5, 5.41) is 3.78. The number of nitrogens with one attached hydrogen (secondary N) is 1. The molecule has 0 amide bonds. The first kappa shape index (κ1) is 13.7. The molecule has 1 saturated heterocycles. The second-order valence-electron chi connectivity index (χ2n) is 5.71. The fraction of sp³-hybridized carbons (Fsp3) is 1.00. The van der Waals surface area contributed by atoms with Gasteiger partial charge in [-0.05, 0) is 44.2 Å². The smallest absolute Gasteiger partial charge is 0.0334 e. The van der Waals surface area contributed by atoms with Crippen molar-refractivity contribution in [2.75, 3.05) is 31.6 Å². The molecular formula is C14H28N2S. The second kappa shape index (κ2) is 6.44. The van der Waals surface area contributed by atoms with Crippen molar-refractivity contribution < 1.29 is 0 Å². The zero-order chi connectivity index (χ0) is 12.1. The average molecular weight is 256 g/mol. The molecule has 100 valence electrons. The van der Waals surface area contributed by atoms with E-state index in [1.54, 1.807) is 0 Å². The molecule has 1 saturated carbocycles. The molecule has 1 atom stereocenters. The van der Waals surface area contributed by atoms with Gasteiger partial charge in [-0.15, -0.1) is 0 Å². The lowest BCUT2D eigenvalue weighted by molar-refractivity contribution is 0.0426. The summed E-state index contributed by atoms with van der Waals surface area (Å²) < 4.78 is 0. The first-order chi connectivity index (χ1) is 8.30. The molecule has 1 aliphatic carbocycles. The van der Waals surface area contributed by atoms with Crippen LogP contribution < -0.4 is 5.32 Å². The first-order valence-electron chi connectivity index (χ1n) is 7.28. The molecule has 0 aromatic rings. The van der Waals surface area contributed by atoms with Crippen molar-refractivity contribution in [3.05, 3.63) is 0 Å². The summed E-state index contributed by atoms with van der Waals surface area (Å²) in [6, 6.07) is 0.732. The molecule has 0 aromatic heterocycles. The molecule has 0 bridgehead atoms. The number of nitrogens with zero attached hydrogens (tertiary/aromatic N) is 1. The molecule has 2 aliphatic rings. The van der Waals surface area contributed by atoms with E-state index >= 15 is 0 Å². The lowest BCUT2D eigenvalue weighted by Crippen LogP contribution is -2.63. The quantitative estimate of drug-likeness (QED) is 0.762. The van der Waals surface area contributed by atoms with Crippen molar-refractivity contribution in [3.63, 3.8) is 0 Å². The Hall–Kier alpha value is 0.270. The van der Waals surface area contributed by atoms with E-state index in [4.69, 9.17) is 0 Å². The Morgan fingerprint density at radius 2 is 2.12 bits per heavy atom. The van der Waals surface area contributed by atoms with Crippen LogP contribution in [0.1, 0.15) is 45.4 Å². The highest BCUT2D eigenvalue weighted by molar-refractivity contribution is 7.98. The van der Waals surface area contributed by atoms with Gasteiger partial charge in [0.2, 0.25) is 0 Å². The van der Waals surface area contributed by atoms with Crippen molar-refractivity contribution in [1.82, 2.24) is 10.2 Å². The molecule has 1 N–H and O–H groups in total. The molecular weight excluding hydrogens is 228 g/mol. The van der Waals surface area contributed by atoms with Crippen molar-refractivity contribution >= 4 is 11.8 Å². The fourth-order valence-electron chi connectivity index (χ4n) is 3.50. The van der Waals surface area contributed by atoms with Crippen LogP contribution in [0.4, 0.5) is 0 Å². The number of thioether (sulfide) groups is 1. The van der Waals surface area contributed by atoms with E-state index in [2.05, 4.69) is 23.4 Å². The SMILES string of the molecule is CCC1CN(CCCSC)C2(CCCC2)CN1. The summed E-state index contributed by atoms with van der Waals surface area (Å²) in [7, 11) is 0. The maximum atomic E-state index is 3.78. The van der Waals surface area contributed by atoms with Crippen LogP contribution in [-0.2, 0) is 0 Å². The predicted octanol–water partition coefficient (Wildman–Crippen LogP) is 2.74. The van der Waals surface area contributed by atoms with Crippen LogP contribution in [0.5, 0.6) is 0 Å². The normalized spacial score (nSPS) is 28.9. The van der Waals surface area contributed by atoms with E-state index in [9.17, 15) is 0 Å². The third-order valence-corrected chi connectivity index (χ3v) is 5.33. The number of rotatable bonds is 5. The monoisotopic (exact) mass is 256 g/mol. The summed E-state index contributed by atoms with van der Waals surface area (Å²) in [6.45, 7) is 6.15. The topological polar surface area (TPSA) is 15.3 Å². The molecule has 2 fully saturated rings. The number of hydrogen-bond acceptors (Lipinski definition) is 3. The van der Waals surface area contributed by atoms with Crippen molar-refractivity contribution in [3.8, 4) is 0 Å². The van der Waals surface area contributed by atoms with Gasteiger partial charge in [0.15, 0.2) is 0 Å². The third-order valence-electron chi connectivity index (χ3n) is 4.63. The van der Waals surface area contributed by atoms with Gasteiger partial charge >= 0.3 is 0 Å². The highest BCUT2D eigenvalue weighted by Gasteiger charge is 2.42. The van der Waals surface area contributed by atoms with Gasteiger partial charge < -0.3 is 5.32 Å². The van der Waals surface area contributed by atoms with Gasteiger partial charge in [0.1, 0.15) is 0 Å². The van der Waals surface area contributed by atoms with Gasteiger partial charge in [-0.25, -0.2) is 0 Å². The number of piperazine rings is 1. The van der Waals surface area contributed by atoms with E-state index in [0.29, 0.717) is 5.54 Å². The Morgan fingerprint density at radius 3 is 2.76 bits per heavy atom. The van der Waals surface area contributed by atoms with Crippen LogP contribution in [0.3, 0.4) is 0 Å². The molecule has 2 nitrogen and oxygen atoms in total. The summed E-state index contributed by atoms with van der Waals surface area (Å²) in [5.74, 6) is 1.32. The van der Waals surface area contributed by atoms with Crippen LogP contribution >= 0.6 is 11.8 Å². The van der Waals surface area contributed by atoms with Gasteiger partial charge in [-0.3, -0.25) is 4.90 Å². The van der Waals surface area contributed by atoms with E-state index < -0.39 is 0 Å². The van der Waals surface area contributed by atoms with E-state index in [0.717, 1.165) is 6.04 Å². The molecule has 17 heavy (non-hydrogen) atoms. The molecule has 2 rings (SSSR count). The van der Waals surface area contributed by atoms with Crippen LogP contribution in [0, 0.1) is 0 Å². The Labute approximate surface area is 111 Å². The van der Waals surface area contributed by atoms with Crippen molar-refractivity contribution in [2.45, 2.75) is 57.0 Å². The molecule has 0 aromatic carbocycles. The van der Waals surface area contributed by atoms with Gasteiger partial charge in [-0.1, -0.05) is 19.8 Å². The fourth-order valence-corrected chi connectivity index (χ4v) is 3.92. The Kier molecular flexibility index (Phi) is 5.19. The van der Waals surface area contributed by atoms with Gasteiger partial charge in [0.05, 0.1) is 0 Å². The molecule has 1 unspecified atom stereocenters. The molecule has 1 spiro atoms. The molecule has 1 heterocycles. The summed E-state index contributed by atoms with van der Waals surface area (Å²) in [6.07, 6.45) is 10.6. The van der Waals surface area contributed by atoms with Gasteiger partial charge in [0, 0.05) is 24.7 Å². The number of hydrogen-bond donors (Lipinski definition) is 1. The van der Waals surface area contributed by atoms with Gasteiger partial charge in [0.25, 0.3) is 0 Å². The third kappa shape index (κ3) is 3.18. The van der Waals surface area contributed by atoms with E-state index in [-0.39, 0.29) is 0 Å². The second-order valence-corrected chi connectivity index (χ2v) is 6.70. The highest BCUT2D eigenvalue weighted by Crippen LogP contribution is 2.37. The van der Waals surface area contributed by atoms with E-state index in [1.165, 1.54) is 63.9 Å². The largest absolute Gasteiger partial charge is 0.311 e. The summed E-state index contributed by atoms with van der Waals surface area (Å²) in [4.78, 5) is 2.83. The Morgan fingerprint density at radius 1 is 1.35 bits per heavy atom. The zero-order valence-corrected chi connectivity index (χ0v) is 12.3. The molecule has 3 heteroatoms. The zero-order valence-electron chi connectivity index (χ0n) is 11.5. The predicted molar refractivity (Wildman–Crippen MR) is 77.9 cm³/mol. The highest BCUT2D eigenvalue weighted by atomic mass is 32.2. The summed E-state index contributed by atoms with van der Waals surface area (Å²) in [5.41, 5.74) is 0.532. The first-order valence-corrected chi connectivity index (χ1v) is 8.67. The van der Waals surface area contributed by atoms with Crippen LogP contribution in [0.2, 0.25) is 0 Å². The summed E-state index contributed by atoms with van der Waals surface area (Å²) >= 11 is 1.99. The molecule has 0 radical (unpaired) electrons. The lowest BCUT2D eigenvalue weighted by atomic mass is 9.90. The minimum atomic E-state index is 0.532. The standard InChI is InChI=1S/C14H28N2S/c1-3-13-11-16(9-6-10-17-2)14(12-15-13)7-4-5-8-14/h13,15H,3-12H2,1-2H3. The average Bonchev–Trinajstić information content (AvgIpc) is 2.81. The molecule has 1 aliphatic heterocycles. The Bertz CT molecular complexity index is 226. The minimum absolute atomic E-state index is 0.532. The minimum Gasteiger partial charge on any atom is -0.311 e. The van der Waals surface area contributed by atoms with Gasteiger partial charge in [-0.2, -0.15) is 11.8 Å². The van der Waals surface area contributed by atoms with Crippen LogP contribution in [0.25, 0.3) is 0 Å². The maximum Gasteiger partial charge on any atom is 0.0334 e.